The van der Waals surface area contributed by atoms with Crippen molar-refractivity contribution in [3.63, 3.8) is 0 Å². The number of carbonyl (C=O) groups is 1. The van der Waals surface area contributed by atoms with E-state index in [1.807, 2.05) is 4.90 Å². The molecule has 1 N–H and O–H groups in total. The zero-order valence-electron chi connectivity index (χ0n) is 14.7. The summed E-state index contributed by atoms with van der Waals surface area (Å²) in [6.45, 7) is 0.761. The summed E-state index contributed by atoms with van der Waals surface area (Å²) in [6.07, 6.45) is -3.77. The minimum Gasteiger partial charge on any atom is -0.481 e. The van der Waals surface area contributed by atoms with Crippen LogP contribution in [0.4, 0.5) is 17.6 Å². The van der Waals surface area contributed by atoms with E-state index < -0.39 is 35.5 Å². The molecular weight excluding hydrogens is 398 g/mol. The summed E-state index contributed by atoms with van der Waals surface area (Å²) in [5, 5.41) is 9.36. The quantitative estimate of drug-likeness (QED) is 0.681. The van der Waals surface area contributed by atoms with Gasteiger partial charge in [0.25, 0.3) is 0 Å². The highest BCUT2D eigenvalue weighted by atomic mass is 35.5. The van der Waals surface area contributed by atoms with Crippen molar-refractivity contribution in [3.05, 3.63) is 70.0 Å². The van der Waals surface area contributed by atoms with Gasteiger partial charge < -0.3 is 5.11 Å². The SMILES string of the molecule is O=C(O)C1CCN(C(c2ccc(F)cc2)c2cc(C(F)(F)F)ccc2Cl)CC1. The summed E-state index contributed by atoms with van der Waals surface area (Å²) in [4.78, 5) is 13.1. The molecule has 1 aliphatic rings. The van der Waals surface area contributed by atoms with Gasteiger partial charge in [-0.3, -0.25) is 9.69 Å². The molecule has 2 aromatic rings. The van der Waals surface area contributed by atoms with E-state index in [0.29, 0.717) is 31.5 Å². The van der Waals surface area contributed by atoms with Crippen LogP contribution >= 0.6 is 11.6 Å². The maximum atomic E-state index is 13.4. The molecule has 2 aromatic carbocycles. The molecule has 0 spiro atoms. The molecule has 0 bridgehead atoms. The van der Waals surface area contributed by atoms with Crippen molar-refractivity contribution in [2.24, 2.45) is 5.92 Å². The molecule has 1 heterocycles. The van der Waals surface area contributed by atoms with Crippen molar-refractivity contribution >= 4 is 17.6 Å². The Bertz CT molecular complexity index is 846. The van der Waals surface area contributed by atoms with E-state index in [2.05, 4.69) is 0 Å². The molecular formula is C20H18ClF4NO2. The normalized spacial score (nSPS) is 17.5. The highest BCUT2D eigenvalue weighted by molar-refractivity contribution is 6.31. The molecule has 3 nitrogen and oxygen atoms in total. The number of rotatable bonds is 4. The van der Waals surface area contributed by atoms with Crippen LogP contribution in [0.5, 0.6) is 0 Å². The van der Waals surface area contributed by atoms with Gasteiger partial charge in [-0.2, -0.15) is 13.2 Å². The summed E-state index contributed by atoms with van der Waals surface area (Å²) < 4.78 is 53.1. The number of carboxylic acid groups (broad SMARTS) is 1. The minimum atomic E-state index is -4.52. The number of alkyl halides is 3. The van der Waals surface area contributed by atoms with Crippen LogP contribution in [-0.4, -0.2) is 29.1 Å². The maximum absolute atomic E-state index is 13.4. The molecule has 0 aromatic heterocycles. The molecule has 1 aliphatic heterocycles. The van der Waals surface area contributed by atoms with Gasteiger partial charge in [-0.25, -0.2) is 4.39 Å². The lowest BCUT2D eigenvalue weighted by Crippen LogP contribution is -2.39. The first-order valence-corrected chi connectivity index (χ1v) is 9.13. The van der Waals surface area contributed by atoms with Crippen LogP contribution < -0.4 is 0 Å². The summed E-state index contributed by atoms with van der Waals surface area (Å²) in [6, 6.07) is 8.02. The van der Waals surface area contributed by atoms with Gasteiger partial charge in [-0.15, -0.1) is 0 Å². The molecule has 3 rings (SSSR count). The molecule has 1 saturated heterocycles. The molecule has 28 heavy (non-hydrogen) atoms. The first-order chi connectivity index (χ1) is 13.2. The number of halogens is 5. The highest BCUT2D eigenvalue weighted by Gasteiger charge is 2.35. The van der Waals surface area contributed by atoms with E-state index in [0.717, 1.165) is 12.1 Å². The Morgan fingerprint density at radius 2 is 1.71 bits per heavy atom. The van der Waals surface area contributed by atoms with Gasteiger partial charge in [0.15, 0.2) is 0 Å². The average molecular weight is 416 g/mol. The molecule has 0 aliphatic carbocycles. The van der Waals surface area contributed by atoms with Crippen molar-refractivity contribution < 1.29 is 27.5 Å². The molecule has 0 saturated carbocycles. The number of likely N-dealkylation sites (tertiary alicyclic amines) is 1. The molecule has 1 fully saturated rings. The minimum absolute atomic E-state index is 0.169. The van der Waals surface area contributed by atoms with Gasteiger partial charge >= 0.3 is 12.1 Å². The van der Waals surface area contributed by atoms with Crippen molar-refractivity contribution in [1.82, 2.24) is 4.90 Å². The molecule has 0 radical (unpaired) electrons. The van der Waals surface area contributed by atoms with Crippen LogP contribution in [0, 0.1) is 11.7 Å². The first-order valence-electron chi connectivity index (χ1n) is 8.76. The second-order valence-electron chi connectivity index (χ2n) is 6.84. The largest absolute Gasteiger partial charge is 0.481 e. The topological polar surface area (TPSA) is 40.5 Å². The lowest BCUT2D eigenvalue weighted by Gasteiger charge is -2.37. The van der Waals surface area contributed by atoms with Gasteiger partial charge in [0.05, 0.1) is 17.5 Å². The first kappa shape index (κ1) is 20.6. The Hall–Kier alpha value is -2.12. The lowest BCUT2D eigenvalue weighted by molar-refractivity contribution is -0.143. The number of hydrogen-bond donors (Lipinski definition) is 1. The van der Waals surface area contributed by atoms with Crippen molar-refractivity contribution in [3.8, 4) is 0 Å². The average Bonchev–Trinajstić information content (AvgIpc) is 2.64. The Morgan fingerprint density at radius 3 is 2.25 bits per heavy atom. The fourth-order valence-electron chi connectivity index (χ4n) is 3.57. The number of aliphatic carboxylic acids is 1. The maximum Gasteiger partial charge on any atom is 0.416 e. The van der Waals surface area contributed by atoms with E-state index >= 15 is 0 Å². The summed E-state index contributed by atoms with van der Waals surface area (Å²) in [7, 11) is 0. The Balaban J connectivity index is 2.03. The molecule has 150 valence electrons. The molecule has 8 heteroatoms. The van der Waals surface area contributed by atoms with E-state index in [1.54, 1.807) is 0 Å². The Morgan fingerprint density at radius 1 is 1.11 bits per heavy atom. The number of hydrogen-bond acceptors (Lipinski definition) is 2. The lowest BCUT2D eigenvalue weighted by atomic mass is 9.90. The van der Waals surface area contributed by atoms with Crippen LogP contribution in [0.3, 0.4) is 0 Å². The second-order valence-corrected chi connectivity index (χ2v) is 7.24. The van der Waals surface area contributed by atoms with E-state index in [-0.39, 0.29) is 10.6 Å². The summed E-state index contributed by atoms with van der Waals surface area (Å²) in [5.41, 5.74) is 0.0349. The number of benzene rings is 2. The summed E-state index contributed by atoms with van der Waals surface area (Å²) in [5.74, 6) is -1.82. The van der Waals surface area contributed by atoms with Gasteiger partial charge in [-0.1, -0.05) is 23.7 Å². The number of nitrogens with zero attached hydrogens (tertiary/aromatic N) is 1. The van der Waals surface area contributed by atoms with E-state index in [9.17, 15) is 27.5 Å². The number of piperidine rings is 1. The standard InChI is InChI=1S/C20H18ClF4NO2/c21-17-6-3-14(20(23,24)25)11-16(17)18(12-1-4-15(22)5-2-12)26-9-7-13(8-10-26)19(27)28/h1-6,11,13,18H,7-10H2,(H,27,28). The van der Waals surface area contributed by atoms with E-state index in [1.165, 1.54) is 30.3 Å². The molecule has 1 atom stereocenters. The predicted octanol–water partition coefficient (Wildman–Crippen LogP) is 5.38. The fraction of sp³-hybridized carbons (Fsp3) is 0.350. The second kappa shape index (κ2) is 8.09. The van der Waals surface area contributed by atoms with Gasteiger partial charge in [-0.05, 0) is 67.4 Å². The third-order valence-electron chi connectivity index (χ3n) is 5.05. The third-order valence-corrected chi connectivity index (χ3v) is 5.39. The van der Waals surface area contributed by atoms with Crippen LogP contribution in [0.2, 0.25) is 5.02 Å². The highest BCUT2D eigenvalue weighted by Crippen LogP contribution is 2.39. The molecule has 0 amide bonds. The van der Waals surface area contributed by atoms with Crippen LogP contribution in [-0.2, 0) is 11.0 Å². The van der Waals surface area contributed by atoms with Gasteiger partial charge in [0.1, 0.15) is 5.82 Å². The van der Waals surface area contributed by atoms with Crippen molar-refractivity contribution in [1.29, 1.82) is 0 Å². The zero-order chi connectivity index (χ0) is 20.5. The van der Waals surface area contributed by atoms with E-state index in [4.69, 9.17) is 11.6 Å². The molecule has 1 unspecified atom stereocenters. The number of carboxylic acids is 1. The van der Waals surface area contributed by atoms with Crippen molar-refractivity contribution in [2.45, 2.75) is 25.1 Å². The van der Waals surface area contributed by atoms with Crippen LogP contribution in [0.25, 0.3) is 0 Å². The smallest absolute Gasteiger partial charge is 0.416 e. The monoisotopic (exact) mass is 415 g/mol. The predicted molar refractivity (Wildman–Crippen MR) is 96.6 cm³/mol. The fourth-order valence-corrected chi connectivity index (χ4v) is 3.79. The van der Waals surface area contributed by atoms with Gasteiger partial charge in [0, 0.05) is 5.02 Å². The van der Waals surface area contributed by atoms with Gasteiger partial charge in [0.2, 0.25) is 0 Å². The Labute approximate surface area is 164 Å². The third kappa shape index (κ3) is 4.47. The van der Waals surface area contributed by atoms with Crippen LogP contribution in [0.15, 0.2) is 42.5 Å². The van der Waals surface area contributed by atoms with Crippen molar-refractivity contribution in [2.75, 3.05) is 13.1 Å². The zero-order valence-corrected chi connectivity index (χ0v) is 15.5. The van der Waals surface area contributed by atoms with Crippen LogP contribution in [0.1, 0.15) is 35.6 Å². The summed E-state index contributed by atoms with van der Waals surface area (Å²) >= 11 is 6.26. The Kier molecular flexibility index (Phi) is 5.95.